The maximum atomic E-state index is 12.8. The molecule has 0 unspecified atom stereocenters. The number of hydrogen-bond donors (Lipinski definition) is 2. The number of carbonyl (C=O) groups excluding carboxylic acids is 1. The molecular formula is C26H29BrN2O4S. The van der Waals surface area contributed by atoms with Crippen LogP contribution in [0.25, 0.3) is 0 Å². The Balaban J connectivity index is 1.68. The summed E-state index contributed by atoms with van der Waals surface area (Å²) in [5.74, 6) is 0.163. The average molecular weight is 545 g/mol. The lowest BCUT2D eigenvalue weighted by atomic mass is 10.1. The summed E-state index contributed by atoms with van der Waals surface area (Å²) in [6.07, 6.45) is 0.780. The van der Waals surface area contributed by atoms with Crippen LogP contribution in [0.2, 0.25) is 0 Å². The Labute approximate surface area is 209 Å². The number of nitrogens with one attached hydrogen (secondary N) is 2. The fourth-order valence-electron chi connectivity index (χ4n) is 3.56. The van der Waals surface area contributed by atoms with Crippen LogP contribution in [0.5, 0.6) is 5.75 Å². The summed E-state index contributed by atoms with van der Waals surface area (Å²) < 4.78 is 34.9. The maximum Gasteiger partial charge on any atom is 0.262 e. The number of ether oxygens (including phenoxy) is 1. The molecule has 0 aliphatic carbocycles. The standard InChI is InChI=1S/C26H29BrN2O4S/c1-6-20-14-21(27)11-19(5)26(20)28-25(30)15-33-24-10-9-23(13-18(24)4)34(31,32)29-22-8-7-16(2)17(3)12-22/h7-14,29H,6,15H2,1-5H3,(H,28,30). The van der Waals surface area contributed by atoms with E-state index in [0.717, 1.165) is 38.8 Å². The zero-order valence-electron chi connectivity index (χ0n) is 20.0. The Bertz CT molecular complexity index is 1340. The normalized spacial score (nSPS) is 11.2. The number of benzene rings is 3. The summed E-state index contributed by atoms with van der Waals surface area (Å²) in [5, 5.41) is 2.93. The van der Waals surface area contributed by atoms with Crippen molar-refractivity contribution in [2.75, 3.05) is 16.6 Å². The van der Waals surface area contributed by atoms with E-state index in [1.54, 1.807) is 25.1 Å². The van der Waals surface area contributed by atoms with E-state index in [-0.39, 0.29) is 17.4 Å². The number of hydrogen-bond acceptors (Lipinski definition) is 4. The molecule has 3 aromatic carbocycles. The van der Waals surface area contributed by atoms with E-state index in [4.69, 9.17) is 4.74 Å². The van der Waals surface area contributed by atoms with Crippen LogP contribution >= 0.6 is 15.9 Å². The summed E-state index contributed by atoms with van der Waals surface area (Å²) in [5.41, 5.74) is 5.99. The van der Waals surface area contributed by atoms with Crippen molar-refractivity contribution in [3.8, 4) is 5.75 Å². The number of anilines is 2. The zero-order valence-corrected chi connectivity index (χ0v) is 22.4. The molecule has 3 rings (SSSR count). The van der Waals surface area contributed by atoms with Crippen molar-refractivity contribution in [2.24, 2.45) is 0 Å². The van der Waals surface area contributed by atoms with Gasteiger partial charge in [0.1, 0.15) is 5.75 Å². The van der Waals surface area contributed by atoms with Gasteiger partial charge in [0.25, 0.3) is 15.9 Å². The van der Waals surface area contributed by atoms with Gasteiger partial charge in [-0.25, -0.2) is 8.42 Å². The molecule has 2 N–H and O–H groups in total. The van der Waals surface area contributed by atoms with Gasteiger partial charge in [-0.3, -0.25) is 9.52 Å². The molecule has 34 heavy (non-hydrogen) atoms. The molecule has 0 saturated carbocycles. The van der Waals surface area contributed by atoms with Gasteiger partial charge in [-0.05, 0) is 104 Å². The second-order valence-electron chi connectivity index (χ2n) is 8.28. The van der Waals surface area contributed by atoms with Crippen LogP contribution in [0.15, 0.2) is 57.9 Å². The third-order valence-corrected chi connectivity index (χ3v) is 7.44. The molecule has 0 aromatic heterocycles. The highest BCUT2D eigenvalue weighted by atomic mass is 79.9. The van der Waals surface area contributed by atoms with E-state index in [1.165, 1.54) is 12.1 Å². The summed E-state index contributed by atoms with van der Waals surface area (Å²) in [6.45, 7) is 9.43. The van der Waals surface area contributed by atoms with E-state index >= 15 is 0 Å². The second-order valence-corrected chi connectivity index (χ2v) is 10.9. The van der Waals surface area contributed by atoms with Gasteiger partial charge in [0.05, 0.1) is 4.90 Å². The first-order valence-electron chi connectivity index (χ1n) is 10.9. The van der Waals surface area contributed by atoms with Gasteiger partial charge in [-0.1, -0.05) is 28.9 Å². The predicted molar refractivity (Wildman–Crippen MR) is 140 cm³/mol. The fourth-order valence-corrected chi connectivity index (χ4v) is 5.31. The summed E-state index contributed by atoms with van der Waals surface area (Å²) in [6, 6.07) is 13.9. The van der Waals surface area contributed by atoms with Crippen molar-refractivity contribution in [1.29, 1.82) is 0 Å². The molecular weight excluding hydrogens is 516 g/mol. The molecule has 0 fully saturated rings. The minimum Gasteiger partial charge on any atom is -0.483 e. The molecule has 0 heterocycles. The topological polar surface area (TPSA) is 84.5 Å². The van der Waals surface area contributed by atoms with E-state index < -0.39 is 10.0 Å². The van der Waals surface area contributed by atoms with Crippen LogP contribution in [0.4, 0.5) is 11.4 Å². The van der Waals surface area contributed by atoms with Crippen LogP contribution in [0, 0.1) is 27.7 Å². The molecule has 0 aliphatic heterocycles. The number of sulfonamides is 1. The first-order chi connectivity index (χ1) is 16.0. The van der Waals surface area contributed by atoms with Gasteiger partial charge < -0.3 is 10.1 Å². The summed E-state index contributed by atoms with van der Waals surface area (Å²) in [4.78, 5) is 12.7. The molecule has 0 bridgehead atoms. The average Bonchev–Trinajstić information content (AvgIpc) is 2.76. The molecule has 0 saturated heterocycles. The molecule has 6 nitrogen and oxygen atoms in total. The third kappa shape index (κ3) is 6.18. The molecule has 3 aromatic rings. The highest BCUT2D eigenvalue weighted by Gasteiger charge is 2.17. The van der Waals surface area contributed by atoms with Gasteiger partial charge >= 0.3 is 0 Å². The van der Waals surface area contributed by atoms with Crippen molar-refractivity contribution in [3.63, 3.8) is 0 Å². The van der Waals surface area contributed by atoms with Crippen LogP contribution in [0.3, 0.4) is 0 Å². The molecule has 0 aliphatic rings. The number of rotatable bonds is 8. The SMILES string of the molecule is CCc1cc(Br)cc(C)c1NC(=O)COc1ccc(S(=O)(=O)Nc2ccc(C)c(C)c2)cc1C. The Kier molecular flexibility index (Phi) is 8.05. The Morgan fingerprint density at radius 3 is 2.29 bits per heavy atom. The largest absolute Gasteiger partial charge is 0.483 e. The number of carbonyl (C=O) groups is 1. The predicted octanol–water partition coefficient (Wildman–Crippen LogP) is 6.06. The van der Waals surface area contributed by atoms with E-state index in [0.29, 0.717) is 17.0 Å². The Hall–Kier alpha value is -2.84. The van der Waals surface area contributed by atoms with Gasteiger partial charge in [-0.15, -0.1) is 0 Å². The lowest BCUT2D eigenvalue weighted by Crippen LogP contribution is -2.22. The smallest absolute Gasteiger partial charge is 0.262 e. The van der Waals surface area contributed by atoms with Crippen molar-refractivity contribution in [1.82, 2.24) is 0 Å². The lowest BCUT2D eigenvalue weighted by Gasteiger charge is -2.15. The van der Waals surface area contributed by atoms with E-state index in [9.17, 15) is 13.2 Å². The molecule has 8 heteroatoms. The van der Waals surface area contributed by atoms with Crippen LogP contribution < -0.4 is 14.8 Å². The van der Waals surface area contributed by atoms with Crippen molar-refractivity contribution >= 4 is 43.2 Å². The molecule has 0 spiro atoms. The minimum atomic E-state index is -3.76. The minimum absolute atomic E-state index is 0.123. The van der Waals surface area contributed by atoms with Crippen molar-refractivity contribution in [2.45, 2.75) is 45.9 Å². The highest BCUT2D eigenvalue weighted by molar-refractivity contribution is 9.10. The van der Waals surface area contributed by atoms with Crippen LogP contribution in [0.1, 0.15) is 34.7 Å². The van der Waals surface area contributed by atoms with Gasteiger partial charge in [0, 0.05) is 15.8 Å². The van der Waals surface area contributed by atoms with Crippen molar-refractivity contribution in [3.05, 3.63) is 80.8 Å². The zero-order chi connectivity index (χ0) is 25.0. The maximum absolute atomic E-state index is 12.8. The molecule has 180 valence electrons. The first-order valence-corrected chi connectivity index (χ1v) is 13.2. The first kappa shape index (κ1) is 25.8. The highest BCUT2D eigenvalue weighted by Crippen LogP contribution is 2.27. The summed E-state index contributed by atoms with van der Waals surface area (Å²) >= 11 is 3.48. The van der Waals surface area contributed by atoms with Gasteiger partial charge in [0.2, 0.25) is 0 Å². The van der Waals surface area contributed by atoms with Gasteiger partial charge in [-0.2, -0.15) is 0 Å². The number of halogens is 1. The second kappa shape index (κ2) is 10.6. The van der Waals surface area contributed by atoms with Gasteiger partial charge in [0.15, 0.2) is 6.61 Å². The van der Waals surface area contributed by atoms with Crippen LogP contribution in [-0.2, 0) is 21.2 Å². The summed E-state index contributed by atoms with van der Waals surface area (Å²) in [7, 11) is -3.76. The van der Waals surface area contributed by atoms with Crippen LogP contribution in [-0.4, -0.2) is 20.9 Å². The third-order valence-electron chi connectivity index (χ3n) is 5.60. The number of amides is 1. The van der Waals surface area contributed by atoms with Crippen molar-refractivity contribution < 1.29 is 17.9 Å². The van der Waals surface area contributed by atoms with E-state index in [2.05, 4.69) is 26.0 Å². The number of aryl methyl sites for hydroxylation is 5. The Morgan fingerprint density at radius 2 is 1.65 bits per heavy atom. The monoisotopic (exact) mass is 544 g/mol. The van der Waals surface area contributed by atoms with E-state index in [1.807, 2.05) is 45.9 Å². The molecule has 0 radical (unpaired) electrons. The quantitative estimate of drug-likeness (QED) is 0.360. The Morgan fingerprint density at radius 1 is 0.912 bits per heavy atom. The molecule has 0 atom stereocenters. The molecule has 1 amide bonds. The lowest BCUT2D eigenvalue weighted by molar-refractivity contribution is -0.118. The fraction of sp³-hybridized carbons (Fsp3) is 0.269.